The summed E-state index contributed by atoms with van der Waals surface area (Å²) in [6, 6.07) is 7.62. The minimum absolute atomic E-state index is 0.0662. The maximum atomic E-state index is 12.7. The number of fused-ring (bicyclic) bond motifs is 1. The van der Waals surface area contributed by atoms with E-state index in [4.69, 9.17) is 0 Å². The van der Waals surface area contributed by atoms with Crippen molar-refractivity contribution in [2.75, 3.05) is 26.2 Å². The molecule has 7 nitrogen and oxygen atoms in total. The number of hydrazone groups is 1. The summed E-state index contributed by atoms with van der Waals surface area (Å²) in [5.74, 6) is -0.751. The quantitative estimate of drug-likeness (QED) is 0.626. The van der Waals surface area contributed by atoms with Crippen molar-refractivity contribution in [3.8, 4) is 0 Å². The van der Waals surface area contributed by atoms with Crippen molar-refractivity contribution < 1.29 is 14.3 Å². The molecule has 1 amide bonds. The zero-order valence-electron chi connectivity index (χ0n) is 13.5. The van der Waals surface area contributed by atoms with E-state index in [2.05, 4.69) is 14.8 Å². The highest BCUT2D eigenvalue weighted by Crippen LogP contribution is 2.32. The van der Waals surface area contributed by atoms with Gasteiger partial charge < -0.3 is 9.64 Å². The van der Waals surface area contributed by atoms with E-state index in [9.17, 15) is 9.59 Å². The lowest BCUT2D eigenvalue weighted by atomic mass is 10.1. The van der Waals surface area contributed by atoms with Gasteiger partial charge >= 0.3 is 5.97 Å². The molecule has 0 aliphatic carbocycles. The molecular weight excluding hydrogens is 328 g/mol. The molecule has 24 heavy (non-hydrogen) atoms. The molecular formula is C16H16N4O3S. The number of anilines is 1. The van der Waals surface area contributed by atoms with Gasteiger partial charge in [-0.05, 0) is 12.1 Å². The number of esters is 1. The fraction of sp³-hybridized carbons (Fsp3) is 0.250. The molecule has 0 radical (unpaired) electrons. The molecule has 0 fully saturated rings. The minimum Gasteiger partial charge on any atom is -0.469 e. The largest absolute Gasteiger partial charge is 0.469 e. The van der Waals surface area contributed by atoms with Crippen LogP contribution in [0.1, 0.15) is 6.42 Å². The summed E-state index contributed by atoms with van der Waals surface area (Å²) in [6.45, 7) is 0. The average Bonchev–Trinajstić information content (AvgIpc) is 3.10. The van der Waals surface area contributed by atoms with Crippen LogP contribution in [0.3, 0.4) is 0 Å². The lowest BCUT2D eigenvalue weighted by Gasteiger charge is -2.09. The van der Waals surface area contributed by atoms with Crippen LogP contribution in [0.15, 0.2) is 41.1 Å². The Balaban J connectivity index is 2.01. The first-order valence-corrected chi connectivity index (χ1v) is 8.04. The summed E-state index contributed by atoms with van der Waals surface area (Å²) in [6.07, 6.45) is 1.58. The van der Waals surface area contributed by atoms with Gasteiger partial charge in [0, 0.05) is 20.3 Å². The summed E-state index contributed by atoms with van der Waals surface area (Å²) in [5.41, 5.74) is 1.55. The van der Waals surface area contributed by atoms with Crippen molar-refractivity contribution >= 4 is 44.3 Å². The SMILES string of the molecule is COC(=O)CC1=NN(c2nc3ccccc3s2)C(=O)C1=CN(C)C. The molecule has 0 unspecified atom stereocenters. The molecule has 2 heterocycles. The molecule has 0 bridgehead atoms. The van der Waals surface area contributed by atoms with Crippen LogP contribution in [0.2, 0.25) is 0 Å². The van der Waals surface area contributed by atoms with E-state index in [-0.39, 0.29) is 12.3 Å². The summed E-state index contributed by atoms with van der Waals surface area (Å²) in [4.78, 5) is 30.5. The number of carbonyl (C=O) groups is 2. The van der Waals surface area contributed by atoms with Crippen LogP contribution < -0.4 is 5.01 Å². The van der Waals surface area contributed by atoms with Gasteiger partial charge in [-0.2, -0.15) is 10.1 Å². The second kappa shape index (κ2) is 6.40. The Bertz CT molecular complexity index is 836. The second-order valence-corrected chi connectivity index (χ2v) is 6.40. The number of carbonyl (C=O) groups excluding carboxylic acids is 2. The van der Waals surface area contributed by atoms with Gasteiger partial charge in [0.15, 0.2) is 0 Å². The lowest BCUT2D eigenvalue weighted by molar-refractivity contribution is -0.139. The third-order valence-electron chi connectivity index (χ3n) is 3.34. The lowest BCUT2D eigenvalue weighted by Crippen LogP contribution is -2.22. The number of ether oxygens (including phenoxy) is 1. The van der Waals surface area contributed by atoms with E-state index in [0.717, 1.165) is 10.2 Å². The highest BCUT2D eigenvalue weighted by molar-refractivity contribution is 7.22. The zero-order valence-corrected chi connectivity index (χ0v) is 14.3. The fourth-order valence-electron chi connectivity index (χ4n) is 2.27. The van der Waals surface area contributed by atoms with Gasteiger partial charge in [0.05, 0.1) is 35.0 Å². The average molecular weight is 344 g/mol. The Kier molecular flexibility index (Phi) is 4.30. The first-order valence-electron chi connectivity index (χ1n) is 7.22. The van der Waals surface area contributed by atoms with E-state index >= 15 is 0 Å². The molecule has 0 N–H and O–H groups in total. The number of thiazole rings is 1. The Hall–Kier alpha value is -2.74. The van der Waals surface area contributed by atoms with Crippen LogP contribution in [0, 0.1) is 0 Å². The number of nitrogens with zero attached hydrogens (tertiary/aromatic N) is 4. The van der Waals surface area contributed by atoms with E-state index in [1.165, 1.54) is 23.5 Å². The predicted molar refractivity (Wildman–Crippen MR) is 92.9 cm³/mol. The molecule has 0 atom stereocenters. The third kappa shape index (κ3) is 3.00. The molecule has 0 spiro atoms. The Morgan fingerprint density at radius 3 is 2.79 bits per heavy atom. The molecule has 0 saturated carbocycles. The van der Waals surface area contributed by atoms with Gasteiger partial charge in [0.2, 0.25) is 5.13 Å². The van der Waals surface area contributed by atoms with E-state index < -0.39 is 5.97 Å². The molecule has 124 valence electrons. The Labute approximate surface area is 142 Å². The number of hydrogen-bond acceptors (Lipinski definition) is 7. The molecule has 0 saturated heterocycles. The van der Waals surface area contributed by atoms with Gasteiger partial charge in [-0.1, -0.05) is 23.5 Å². The highest BCUT2D eigenvalue weighted by atomic mass is 32.1. The number of para-hydroxylation sites is 1. The van der Waals surface area contributed by atoms with Crippen molar-refractivity contribution in [1.82, 2.24) is 9.88 Å². The Morgan fingerprint density at radius 1 is 1.38 bits per heavy atom. The monoisotopic (exact) mass is 344 g/mol. The van der Waals surface area contributed by atoms with Crippen LogP contribution >= 0.6 is 11.3 Å². The number of amides is 1. The van der Waals surface area contributed by atoms with Crippen LogP contribution in [-0.2, 0) is 14.3 Å². The molecule has 3 rings (SSSR count). The highest BCUT2D eigenvalue weighted by Gasteiger charge is 2.34. The number of methoxy groups -OCH3 is 1. The number of aromatic nitrogens is 1. The van der Waals surface area contributed by atoms with Crippen LogP contribution in [-0.4, -0.2) is 48.7 Å². The topological polar surface area (TPSA) is 75.1 Å². The van der Waals surface area contributed by atoms with Crippen molar-refractivity contribution in [3.63, 3.8) is 0 Å². The minimum atomic E-state index is -0.447. The summed E-state index contributed by atoms with van der Waals surface area (Å²) >= 11 is 1.38. The van der Waals surface area contributed by atoms with Crippen molar-refractivity contribution in [3.05, 3.63) is 36.0 Å². The zero-order chi connectivity index (χ0) is 17.3. The van der Waals surface area contributed by atoms with Crippen molar-refractivity contribution in [2.45, 2.75) is 6.42 Å². The summed E-state index contributed by atoms with van der Waals surface area (Å²) in [5, 5.41) is 6.04. The van der Waals surface area contributed by atoms with Gasteiger partial charge in [-0.15, -0.1) is 0 Å². The van der Waals surface area contributed by atoms with Crippen LogP contribution in [0.5, 0.6) is 0 Å². The molecule has 2 aromatic rings. The number of rotatable bonds is 4. The molecule has 1 aromatic heterocycles. The second-order valence-electron chi connectivity index (χ2n) is 5.39. The smallest absolute Gasteiger partial charge is 0.311 e. The maximum absolute atomic E-state index is 12.7. The molecule has 1 aromatic carbocycles. The Morgan fingerprint density at radius 2 is 2.12 bits per heavy atom. The van der Waals surface area contributed by atoms with E-state index in [1.54, 1.807) is 25.2 Å². The van der Waals surface area contributed by atoms with Gasteiger partial charge in [0.1, 0.15) is 0 Å². The normalized spacial score (nSPS) is 16.0. The summed E-state index contributed by atoms with van der Waals surface area (Å²) in [7, 11) is 4.91. The van der Waals surface area contributed by atoms with Crippen LogP contribution in [0.25, 0.3) is 10.2 Å². The van der Waals surface area contributed by atoms with Gasteiger partial charge in [0.25, 0.3) is 5.91 Å². The predicted octanol–water partition coefficient (Wildman–Crippen LogP) is 2.01. The standard InChI is InChI=1S/C16H16N4O3S/c1-19(2)9-10-12(8-14(21)23-3)18-20(15(10)22)16-17-11-6-4-5-7-13(11)24-16/h4-7,9H,8H2,1-3H3. The first kappa shape index (κ1) is 16.1. The first-order chi connectivity index (χ1) is 11.5. The van der Waals surface area contributed by atoms with Crippen LogP contribution in [0.4, 0.5) is 5.13 Å². The molecule has 8 heteroatoms. The van der Waals surface area contributed by atoms with Crippen molar-refractivity contribution in [2.24, 2.45) is 5.10 Å². The third-order valence-corrected chi connectivity index (χ3v) is 4.36. The van der Waals surface area contributed by atoms with E-state index in [0.29, 0.717) is 16.4 Å². The van der Waals surface area contributed by atoms with E-state index in [1.807, 2.05) is 24.3 Å². The fourth-order valence-corrected chi connectivity index (χ4v) is 3.18. The van der Waals surface area contributed by atoms with Crippen molar-refractivity contribution in [1.29, 1.82) is 0 Å². The number of benzene rings is 1. The van der Waals surface area contributed by atoms with Gasteiger partial charge in [-0.25, -0.2) is 4.98 Å². The molecule has 1 aliphatic rings. The maximum Gasteiger partial charge on any atom is 0.311 e. The summed E-state index contributed by atoms with van der Waals surface area (Å²) < 4.78 is 5.65. The molecule has 1 aliphatic heterocycles. The number of hydrogen-bond donors (Lipinski definition) is 0. The van der Waals surface area contributed by atoms with Gasteiger partial charge in [-0.3, -0.25) is 9.59 Å².